The van der Waals surface area contributed by atoms with Crippen LogP contribution in [-0.2, 0) is 6.42 Å². The summed E-state index contributed by atoms with van der Waals surface area (Å²) >= 11 is 0. The van der Waals surface area contributed by atoms with Crippen molar-refractivity contribution in [1.29, 1.82) is 0 Å². The monoisotopic (exact) mass is 319 g/mol. The smallest absolute Gasteiger partial charge is 0.115 e. The minimum atomic E-state index is -0.886. The summed E-state index contributed by atoms with van der Waals surface area (Å²) in [5.41, 5.74) is 1.45. The number of aliphatic hydroxyl groups is 3. The van der Waals surface area contributed by atoms with Gasteiger partial charge < -0.3 is 25.7 Å². The maximum Gasteiger partial charge on any atom is 0.115 e. The van der Waals surface area contributed by atoms with Crippen LogP contribution < -0.4 is 5.32 Å². The predicted molar refractivity (Wildman–Crippen MR) is 91.5 cm³/mol. The van der Waals surface area contributed by atoms with Gasteiger partial charge in [-0.3, -0.25) is 0 Å². The Hall–Kier alpha value is -2.24. The number of allylic oxidation sites excluding steroid dienone is 2. The molecule has 0 aliphatic heterocycles. The van der Waals surface area contributed by atoms with Crippen molar-refractivity contribution < 1.29 is 20.4 Å². The Labute approximate surface area is 136 Å². The molecule has 1 aromatic rings. The highest BCUT2D eigenvalue weighted by molar-refractivity contribution is 5.30. The van der Waals surface area contributed by atoms with E-state index in [2.05, 4.69) is 11.9 Å². The van der Waals surface area contributed by atoms with Crippen LogP contribution in [0.1, 0.15) is 19.4 Å². The van der Waals surface area contributed by atoms with E-state index in [1.54, 1.807) is 12.1 Å². The topological polar surface area (TPSA) is 93.0 Å². The van der Waals surface area contributed by atoms with Crippen LogP contribution in [0.15, 0.2) is 60.1 Å². The summed E-state index contributed by atoms with van der Waals surface area (Å²) < 4.78 is 0. The molecular weight excluding hydrogens is 294 g/mol. The minimum Gasteiger partial charge on any atom is -0.513 e. The minimum absolute atomic E-state index is 0.0358. The lowest BCUT2D eigenvalue weighted by Gasteiger charge is -2.18. The molecule has 0 aliphatic carbocycles. The molecule has 0 saturated carbocycles. The summed E-state index contributed by atoms with van der Waals surface area (Å²) in [5.74, 6) is 0.0809. The van der Waals surface area contributed by atoms with Crippen LogP contribution >= 0.6 is 0 Å². The fraction of sp³-hybridized carbons (Fsp3) is 0.333. The van der Waals surface area contributed by atoms with Crippen molar-refractivity contribution in [3.63, 3.8) is 0 Å². The Balaban J connectivity index is 2.58. The molecule has 2 unspecified atom stereocenters. The first-order valence-corrected chi connectivity index (χ1v) is 7.44. The first-order valence-electron chi connectivity index (χ1n) is 7.44. The van der Waals surface area contributed by atoms with E-state index in [-0.39, 0.29) is 29.9 Å². The number of hydrogen-bond acceptors (Lipinski definition) is 5. The zero-order valence-electron chi connectivity index (χ0n) is 13.5. The standard InChI is InChI=1S/C18H25NO4/c1-12(8-15-4-6-17(22)7-5-15)19-11-18(23)16(9-13(2)20)10-14(3)21/h4-7,9-10,12,18-23H,2,8,11H2,1,3H3/b14-10+,16-9+. The van der Waals surface area contributed by atoms with Gasteiger partial charge >= 0.3 is 0 Å². The van der Waals surface area contributed by atoms with Gasteiger partial charge in [0.25, 0.3) is 0 Å². The van der Waals surface area contributed by atoms with Crippen LogP contribution in [0, 0.1) is 0 Å². The third-order valence-electron chi connectivity index (χ3n) is 3.23. The van der Waals surface area contributed by atoms with Gasteiger partial charge in [0.15, 0.2) is 0 Å². The number of phenolic OH excluding ortho intramolecular Hbond substituents is 1. The van der Waals surface area contributed by atoms with Crippen molar-refractivity contribution in [2.75, 3.05) is 6.54 Å². The van der Waals surface area contributed by atoms with Gasteiger partial charge in [-0.2, -0.15) is 0 Å². The lowest BCUT2D eigenvalue weighted by atomic mass is 10.1. The fourth-order valence-corrected chi connectivity index (χ4v) is 2.16. The Morgan fingerprint density at radius 3 is 2.35 bits per heavy atom. The van der Waals surface area contributed by atoms with E-state index in [0.717, 1.165) is 12.0 Å². The van der Waals surface area contributed by atoms with Gasteiger partial charge in [0, 0.05) is 12.6 Å². The molecule has 23 heavy (non-hydrogen) atoms. The third-order valence-corrected chi connectivity index (χ3v) is 3.23. The third kappa shape index (κ3) is 7.54. The predicted octanol–water partition coefficient (Wildman–Crippen LogP) is 2.73. The van der Waals surface area contributed by atoms with E-state index >= 15 is 0 Å². The summed E-state index contributed by atoms with van der Waals surface area (Å²) in [6.45, 7) is 7.10. The number of hydrogen-bond donors (Lipinski definition) is 5. The van der Waals surface area contributed by atoms with Gasteiger partial charge in [0.2, 0.25) is 0 Å². The zero-order chi connectivity index (χ0) is 17.4. The molecule has 1 aromatic carbocycles. The molecule has 0 aliphatic rings. The second kappa shape index (κ2) is 9.02. The molecule has 0 bridgehead atoms. The number of nitrogens with one attached hydrogen (secondary N) is 1. The zero-order valence-corrected chi connectivity index (χ0v) is 13.5. The molecule has 0 spiro atoms. The maximum absolute atomic E-state index is 10.2. The number of aromatic hydroxyl groups is 1. The average Bonchev–Trinajstić information content (AvgIpc) is 2.45. The van der Waals surface area contributed by atoms with Crippen molar-refractivity contribution in [3.8, 4) is 5.75 Å². The first kappa shape index (κ1) is 18.8. The van der Waals surface area contributed by atoms with Crippen molar-refractivity contribution in [2.45, 2.75) is 32.4 Å². The first-order chi connectivity index (χ1) is 10.8. The molecule has 0 aromatic heterocycles. The normalized spacial score (nSPS) is 15.3. The van der Waals surface area contributed by atoms with E-state index in [4.69, 9.17) is 0 Å². The van der Waals surface area contributed by atoms with E-state index < -0.39 is 6.10 Å². The Morgan fingerprint density at radius 2 is 1.83 bits per heavy atom. The number of rotatable bonds is 8. The molecular formula is C18H25NO4. The largest absolute Gasteiger partial charge is 0.513 e. The molecule has 2 atom stereocenters. The lowest BCUT2D eigenvalue weighted by Crippen LogP contribution is -2.35. The Bertz CT molecular complexity index is 571. The highest BCUT2D eigenvalue weighted by atomic mass is 16.3. The summed E-state index contributed by atoms with van der Waals surface area (Å²) in [7, 11) is 0. The SMILES string of the molecule is C=C(O)/C=C(\C=C(/C)O)C(O)CNC(C)Cc1ccc(O)cc1. The van der Waals surface area contributed by atoms with Gasteiger partial charge in [-0.05, 0) is 55.7 Å². The Kier molecular flexibility index (Phi) is 7.38. The summed E-state index contributed by atoms with van der Waals surface area (Å²) in [5, 5.41) is 41.2. The van der Waals surface area contributed by atoms with E-state index in [1.807, 2.05) is 19.1 Å². The van der Waals surface area contributed by atoms with Gasteiger partial charge in [-0.25, -0.2) is 0 Å². The molecule has 0 fully saturated rings. The van der Waals surface area contributed by atoms with Crippen LogP contribution in [0.25, 0.3) is 0 Å². The van der Waals surface area contributed by atoms with Crippen molar-refractivity contribution in [3.05, 3.63) is 65.7 Å². The van der Waals surface area contributed by atoms with Gasteiger partial charge in [-0.15, -0.1) is 0 Å². The fourth-order valence-electron chi connectivity index (χ4n) is 2.16. The van der Waals surface area contributed by atoms with Crippen LogP contribution in [0.4, 0.5) is 0 Å². The molecule has 1 rings (SSSR count). The molecule has 0 heterocycles. The van der Waals surface area contributed by atoms with Gasteiger partial charge in [0.05, 0.1) is 11.9 Å². The van der Waals surface area contributed by atoms with Crippen molar-refractivity contribution >= 4 is 0 Å². The molecule has 126 valence electrons. The highest BCUT2D eigenvalue weighted by Gasteiger charge is 2.12. The number of aliphatic hydroxyl groups excluding tert-OH is 3. The molecule has 0 radical (unpaired) electrons. The molecule has 0 saturated heterocycles. The second-order valence-electron chi connectivity index (χ2n) is 5.62. The van der Waals surface area contributed by atoms with Crippen LogP contribution in [0.5, 0.6) is 5.75 Å². The molecule has 5 N–H and O–H groups in total. The molecule has 5 heteroatoms. The van der Waals surface area contributed by atoms with Gasteiger partial charge in [0.1, 0.15) is 11.5 Å². The van der Waals surface area contributed by atoms with E-state index in [1.165, 1.54) is 19.1 Å². The average molecular weight is 319 g/mol. The van der Waals surface area contributed by atoms with Gasteiger partial charge in [-0.1, -0.05) is 18.7 Å². The summed E-state index contributed by atoms with van der Waals surface area (Å²) in [4.78, 5) is 0. The van der Waals surface area contributed by atoms with E-state index in [9.17, 15) is 20.4 Å². The van der Waals surface area contributed by atoms with Crippen LogP contribution in [0.2, 0.25) is 0 Å². The Morgan fingerprint density at radius 1 is 1.22 bits per heavy atom. The van der Waals surface area contributed by atoms with Crippen molar-refractivity contribution in [1.82, 2.24) is 5.32 Å². The van der Waals surface area contributed by atoms with E-state index in [0.29, 0.717) is 5.57 Å². The van der Waals surface area contributed by atoms with Crippen molar-refractivity contribution in [2.24, 2.45) is 0 Å². The summed E-state index contributed by atoms with van der Waals surface area (Å²) in [6.07, 6.45) is 2.56. The molecule has 0 amide bonds. The lowest BCUT2D eigenvalue weighted by molar-refractivity contribution is 0.204. The number of phenols is 1. The van der Waals surface area contributed by atoms with Crippen LogP contribution in [-0.4, -0.2) is 39.1 Å². The maximum atomic E-state index is 10.2. The highest BCUT2D eigenvalue weighted by Crippen LogP contribution is 2.12. The second-order valence-corrected chi connectivity index (χ2v) is 5.62. The van der Waals surface area contributed by atoms with Crippen LogP contribution in [0.3, 0.4) is 0 Å². The quantitative estimate of drug-likeness (QED) is 0.375. The summed E-state index contributed by atoms with van der Waals surface area (Å²) in [6, 6.07) is 7.08. The molecule has 5 nitrogen and oxygen atoms in total. The number of benzene rings is 1.